The van der Waals surface area contributed by atoms with Crippen LogP contribution in [-0.4, -0.2) is 22.3 Å². The Hall–Kier alpha value is 0.300. The highest BCUT2D eigenvalue weighted by molar-refractivity contribution is 6.60. The maximum Gasteiger partial charge on any atom is 0.198 e. The summed E-state index contributed by atoms with van der Waals surface area (Å²) in [5, 5.41) is -2.76. The second kappa shape index (κ2) is 5.01. The van der Waals surface area contributed by atoms with Crippen molar-refractivity contribution in [3.63, 3.8) is 0 Å². The number of hydrogen-bond donors (Lipinski definition) is 0. The van der Waals surface area contributed by atoms with Gasteiger partial charge in [-0.2, -0.15) is 0 Å². The molecule has 18 heavy (non-hydrogen) atoms. The second-order valence-electron chi connectivity index (χ2n) is 3.54. The van der Waals surface area contributed by atoms with Crippen LogP contribution in [0.1, 0.15) is 0 Å². The summed E-state index contributed by atoms with van der Waals surface area (Å²) in [5.74, 6) is -1.12. The van der Waals surface area contributed by atoms with Crippen LogP contribution in [0.15, 0.2) is 31.3 Å². The van der Waals surface area contributed by atoms with Crippen LogP contribution < -0.4 is 0 Å². The van der Waals surface area contributed by atoms with E-state index in [0.717, 1.165) is 0 Å². The number of carbonyl (C=O) groups excluding carboxylic acids is 2. The van der Waals surface area contributed by atoms with Gasteiger partial charge in [0.05, 0.1) is 10.1 Å². The van der Waals surface area contributed by atoms with Gasteiger partial charge in [-0.1, -0.05) is 46.4 Å². The average molecular weight is 367 g/mol. The maximum atomic E-state index is 11.6. The molecule has 0 heterocycles. The molecule has 8 heteroatoms. The first-order valence-electron chi connectivity index (χ1n) is 4.51. The van der Waals surface area contributed by atoms with E-state index in [1.54, 1.807) is 0 Å². The Kier molecular flexibility index (Phi) is 4.09. The Morgan fingerprint density at radius 2 is 0.889 bits per heavy atom. The molecule has 0 N–H and O–H groups in total. The predicted molar refractivity (Wildman–Crippen MR) is 73.8 cm³/mol. The molecule has 0 radical (unpaired) electrons. The van der Waals surface area contributed by atoms with Crippen molar-refractivity contribution in [1.29, 1.82) is 0 Å². The van der Waals surface area contributed by atoms with Crippen LogP contribution in [0, 0.1) is 0 Å². The Morgan fingerprint density at radius 1 is 0.611 bits per heavy atom. The molecule has 0 saturated carbocycles. The highest BCUT2D eigenvalue weighted by Gasteiger charge is 2.44. The molecule has 0 aromatic rings. The van der Waals surface area contributed by atoms with Gasteiger partial charge in [0.25, 0.3) is 0 Å². The van der Waals surface area contributed by atoms with E-state index in [4.69, 9.17) is 69.6 Å². The summed E-state index contributed by atoms with van der Waals surface area (Å²) in [5.41, 5.74) is 0.282. The smallest absolute Gasteiger partial charge is 0.198 e. The molecule has 0 aromatic carbocycles. The first kappa shape index (κ1) is 14.7. The standard InChI is InChI=1S/C10H2Cl6O2/c11-3-1(5(13)9(17)7(3)15)2-4(12)8(16)10(18)6(2)14/h5-6H. The van der Waals surface area contributed by atoms with Gasteiger partial charge < -0.3 is 0 Å². The quantitative estimate of drug-likeness (QED) is 0.606. The van der Waals surface area contributed by atoms with Crippen LogP contribution in [0.3, 0.4) is 0 Å². The highest BCUT2D eigenvalue weighted by Crippen LogP contribution is 2.47. The third-order valence-electron chi connectivity index (χ3n) is 2.55. The van der Waals surface area contributed by atoms with Gasteiger partial charge in [-0.15, -0.1) is 23.2 Å². The zero-order valence-electron chi connectivity index (χ0n) is 8.24. The van der Waals surface area contributed by atoms with E-state index in [-0.39, 0.29) is 31.3 Å². The molecule has 0 spiro atoms. The second-order valence-corrected chi connectivity index (χ2v) is 5.92. The van der Waals surface area contributed by atoms with Crippen LogP contribution in [-0.2, 0) is 9.59 Å². The van der Waals surface area contributed by atoms with E-state index in [1.807, 2.05) is 0 Å². The molecule has 2 unspecified atom stereocenters. The topological polar surface area (TPSA) is 34.1 Å². The molecule has 96 valence electrons. The SMILES string of the molecule is O=C1C(Cl)=C(Cl)C(=C2C(Cl)=C(Cl)C(=O)C2Cl)C1Cl. The minimum absolute atomic E-state index is 0.0559. The average Bonchev–Trinajstić information content (AvgIpc) is 2.64. The van der Waals surface area contributed by atoms with Crippen molar-refractivity contribution in [2.24, 2.45) is 0 Å². The lowest BCUT2D eigenvalue weighted by atomic mass is 10.1. The Labute approximate surface area is 132 Å². The van der Waals surface area contributed by atoms with E-state index in [9.17, 15) is 9.59 Å². The van der Waals surface area contributed by atoms with E-state index in [0.29, 0.717) is 0 Å². The van der Waals surface area contributed by atoms with Crippen molar-refractivity contribution in [2.45, 2.75) is 10.8 Å². The van der Waals surface area contributed by atoms with Gasteiger partial charge in [0.2, 0.25) is 0 Å². The molecule has 2 aliphatic carbocycles. The normalized spacial score (nSPS) is 33.2. The minimum atomic E-state index is -1.12. The molecule has 0 fully saturated rings. The van der Waals surface area contributed by atoms with Crippen molar-refractivity contribution in [3.8, 4) is 0 Å². The highest BCUT2D eigenvalue weighted by atomic mass is 35.5. The number of Topliss-reactive ketones (excluding diaryl/α,β-unsaturated/α-hetero) is 2. The predicted octanol–water partition coefficient (Wildman–Crippen LogP) is 4.04. The molecule has 0 amide bonds. The lowest BCUT2D eigenvalue weighted by molar-refractivity contribution is -0.114. The third-order valence-corrected chi connectivity index (χ3v) is 5.11. The summed E-state index contributed by atoms with van der Waals surface area (Å²) in [6.45, 7) is 0. The van der Waals surface area contributed by atoms with Crippen molar-refractivity contribution in [2.75, 3.05) is 0 Å². The maximum absolute atomic E-state index is 11.6. The summed E-state index contributed by atoms with van der Waals surface area (Å²) in [4.78, 5) is 23.2. The zero-order chi connectivity index (χ0) is 13.8. The minimum Gasteiger partial charge on any atom is -0.291 e. The van der Waals surface area contributed by atoms with Gasteiger partial charge in [0.15, 0.2) is 11.6 Å². The summed E-state index contributed by atoms with van der Waals surface area (Å²) in [6.07, 6.45) is 0. The monoisotopic (exact) mass is 364 g/mol. The van der Waals surface area contributed by atoms with Gasteiger partial charge in [0, 0.05) is 11.1 Å². The molecule has 2 nitrogen and oxygen atoms in total. The molecule has 2 atom stereocenters. The summed E-state index contributed by atoms with van der Waals surface area (Å²) >= 11 is 35.1. The number of hydrogen-bond acceptors (Lipinski definition) is 2. The number of allylic oxidation sites excluding steroid dienone is 6. The number of ketones is 2. The fraction of sp³-hybridized carbons (Fsp3) is 0.200. The Balaban J connectivity index is 2.71. The van der Waals surface area contributed by atoms with Gasteiger partial charge in [-0.05, 0) is 0 Å². The van der Waals surface area contributed by atoms with Crippen LogP contribution in [0.25, 0.3) is 0 Å². The first-order chi connectivity index (χ1) is 8.29. The molecule has 0 aromatic heterocycles. The molecular weight excluding hydrogens is 365 g/mol. The molecule has 2 rings (SSSR count). The largest absolute Gasteiger partial charge is 0.291 e. The lowest BCUT2D eigenvalue weighted by Gasteiger charge is -2.11. The molecule has 0 aliphatic heterocycles. The number of alkyl halides is 2. The van der Waals surface area contributed by atoms with E-state index >= 15 is 0 Å². The first-order valence-corrected chi connectivity index (χ1v) is 6.89. The molecule has 2 aliphatic rings. The van der Waals surface area contributed by atoms with Crippen molar-refractivity contribution >= 4 is 81.2 Å². The van der Waals surface area contributed by atoms with E-state index in [2.05, 4.69) is 0 Å². The lowest BCUT2D eigenvalue weighted by Crippen LogP contribution is -2.16. The number of carbonyl (C=O) groups is 2. The van der Waals surface area contributed by atoms with Crippen molar-refractivity contribution < 1.29 is 9.59 Å². The van der Waals surface area contributed by atoms with Gasteiger partial charge in [0.1, 0.15) is 20.8 Å². The molecule has 0 bridgehead atoms. The number of halogens is 6. The summed E-state index contributed by atoms with van der Waals surface area (Å²) < 4.78 is 0. The van der Waals surface area contributed by atoms with Gasteiger partial charge in [-0.25, -0.2) is 0 Å². The van der Waals surface area contributed by atoms with E-state index in [1.165, 1.54) is 0 Å². The van der Waals surface area contributed by atoms with Crippen LogP contribution >= 0.6 is 69.6 Å². The van der Waals surface area contributed by atoms with Crippen molar-refractivity contribution in [1.82, 2.24) is 0 Å². The Bertz CT molecular complexity index is 521. The molecule has 0 saturated heterocycles. The number of rotatable bonds is 0. The summed E-state index contributed by atoms with van der Waals surface area (Å²) in [6, 6.07) is 0. The van der Waals surface area contributed by atoms with Gasteiger partial charge in [-0.3, -0.25) is 9.59 Å². The fourth-order valence-electron chi connectivity index (χ4n) is 1.67. The van der Waals surface area contributed by atoms with E-state index < -0.39 is 22.3 Å². The van der Waals surface area contributed by atoms with Crippen LogP contribution in [0.4, 0.5) is 0 Å². The third kappa shape index (κ3) is 1.94. The van der Waals surface area contributed by atoms with Crippen LogP contribution in [0.5, 0.6) is 0 Å². The molecular formula is C10H2Cl6O2. The van der Waals surface area contributed by atoms with Crippen molar-refractivity contribution in [3.05, 3.63) is 31.3 Å². The summed E-state index contributed by atoms with van der Waals surface area (Å²) in [7, 11) is 0. The fourth-order valence-corrected chi connectivity index (χ4v) is 3.59. The van der Waals surface area contributed by atoms with Gasteiger partial charge >= 0.3 is 0 Å². The van der Waals surface area contributed by atoms with Crippen LogP contribution in [0.2, 0.25) is 0 Å². The Morgan fingerprint density at radius 3 is 1.06 bits per heavy atom. The zero-order valence-corrected chi connectivity index (χ0v) is 12.8.